The summed E-state index contributed by atoms with van der Waals surface area (Å²) in [6.45, 7) is 1.32. The Bertz CT molecular complexity index is 179. The highest BCUT2D eigenvalue weighted by Crippen LogP contribution is 2.27. The summed E-state index contributed by atoms with van der Waals surface area (Å²) in [5.74, 6) is 0.926. The summed E-state index contributed by atoms with van der Waals surface area (Å²) in [5.41, 5.74) is 5.94. The van der Waals surface area contributed by atoms with Crippen molar-refractivity contribution in [3.05, 3.63) is 0 Å². The monoisotopic (exact) mass is 210 g/mol. The van der Waals surface area contributed by atoms with Crippen LogP contribution in [0.5, 0.6) is 0 Å². The van der Waals surface area contributed by atoms with Crippen molar-refractivity contribution in [1.82, 2.24) is 4.90 Å². The molecule has 0 aromatic rings. The molecule has 0 heterocycles. The summed E-state index contributed by atoms with van der Waals surface area (Å²) in [6, 6.07) is 1.39. The van der Waals surface area contributed by atoms with Gasteiger partial charge in [-0.2, -0.15) is 0 Å². The molecule has 2 nitrogen and oxygen atoms in total. The first-order valence-corrected chi connectivity index (χ1v) is 6.71. The first-order valence-electron chi connectivity index (χ1n) is 6.71. The molecule has 0 amide bonds. The van der Waals surface area contributed by atoms with Crippen LogP contribution in [0.3, 0.4) is 0 Å². The quantitative estimate of drug-likeness (QED) is 0.775. The molecular weight excluding hydrogens is 184 g/mol. The van der Waals surface area contributed by atoms with Gasteiger partial charge in [-0.1, -0.05) is 12.8 Å². The van der Waals surface area contributed by atoms with E-state index in [-0.39, 0.29) is 0 Å². The van der Waals surface area contributed by atoms with Crippen LogP contribution in [-0.2, 0) is 0 Å². The van der Waals surface area contributed by atoms with Crippen molar-refractivity contribution in [1.29, 1.82) is 0 Å². The predicted molar refractivity (Wildman–Crippen MR) is 64.8 cm³/mol. The zero-order valence-corrected chi connectivity index (χ0v) is 10.1. The van der Waals surface area contributed by atoms with Gasteiger partial charge in [-0.15, -0.1) is 0 Å². The van der Waals surface area contributed by atoms with E-state index in [1.807, 2.05) is 0 Å². The van der Waals surface area contributed by atoms with Crippen LogP contribution in [0.1, 0.15) is 51.4 Å². The normalized spacial score (nSPS) is 33.8. The minimum atomic E-state index is 0.498. The third kappa shape index (κ3) is 3.18. The standard InChI is InChI=1S/C13H26N2/c1-15(13-4-2-3-5-13)10-11-6-8-12(14)9-7-11/h11-13H,2-10,14H2,1H3. The highest BCUT2D eigenvalue weighted by molar-refractivity contribution is 4.80. The van der Waals surface area contributed by atoms with E-state index in [1.165, 1.54) is 57.9 Å². The average Bonchev–Trinajstić information content (AvgIpc) is 2.74. The van der Waals surface area contributed by atoms with Crippen LogP contribution in [-0.4, -0.2) is 30.6 Å². The van der Waals surface area contributed by atoms with Crippen molar-refractivity contribution in [3.63, 3.8) is 0 Å². The van der Waals surface area contributed by atoms with Gasteiger partial charge in [0.05, 0.1) is 0 Å². The number of hydrogen-bond acceptors (Lipinski definition) is 2. The van der Waals surface area contributed by atoms with Gasteiger partial charge < -0.3 is 10.6 Å². The Morgan fingerprint density at radius 1 is 1.00 bits per heavy atom. The molecular formula is C13H26N2. The minimum Gasteiger partial charge on any atom is -0.328 e. The second-order valence-electron chi connectivity index (χ2n) is 5.66. The van der Waals surface area contributed by atoms with E-state index in [0.29, 0.717) is 6.04 Å². The molecule has 0 spiro atoms. The molecule has 0 unspecified atom stereocenters. The average molecular weight is 210 g/mol. The smallest absolute Gasteiger partial charge is 0.00923 e. The van der Waals surface area contributed by atoms with Gasteiger partial charge in [0.25, 0.3) is 0 Å². The molecule has 0 aromatic heterocycles. The maximum atomic E-state index is 5.94. The van der Waals surface area contributed by atoms with Crippen LogP contribution in [0.2, 0.25) is 0 Å². The summed E-state index contributed by atoms with van der Waals surface area (Å²) in [5, 5.41) is 0. The van der Waals surface area contributed by atoms with Crippen LogP contribution in [0.15, 0.2) is 0 Å². The Morgan fingerprint density at radius 2 is 1.60 bits per heavy atom. The summed E-state index contributed by atoms with van der Waals surface area (Å²) in [7, 11) is 2.32. The van der Waals surface area contributed by atoms with Crippen molar-refractivity contribution in [2.24, 2.45) is 11.7 Å². The fraction of sp³-hybridized carbons (Fsp3) is 1.00. The van der Waals surface area contributed by atoms with Gasteiger partial charge in [0.2, 0.25) is 0 Å². The molecule has 0 saturated heterocycles. The predicted octanol–water partition coefficient (Wildman–Crippen LogP) is 2.38. The molecule has 0 radical (unpaired) electrons. The number of hydrogen-bond donors (Lipinski definition) is 1. The highest BCUT2D eigenvalue weighted by Gasteiger charge is 2.24. The lowest BCUT2D eigenvalue weighted by Crippen LogP contribution is -2.36. The lowest BCUT2D eigenvalue weighted by atomic mass is 9.86. The van der Waals surface area contributed by atoms with E-state index < -0.39 is 0 Å². The molecule has 0 aromatic carbocycles. The first-order chi connectivity index (χ1) is 7.25. The maximum absolute atomic E-state index is 5.94. The molecule has 2 aliphatic carbocycles. The van der Waals surface area contributed by atoms with E-state index in [2.05, 4.69) is 11.9 Å². The summed E-state index contributed by atoms with van der Waals surface area (Å²) >= 11 is 0. The minimum absolute atomic E-state index is 0.498. The van der Waals surface area contributed by atoms with Gasteiger partial charge in [0.1, 0.15) is 0 Å². The molecule has 2 saturated carbocycles. The molecule has 2 aliphatic rings. The van der Waals surface area contributed by atoms with Crippen molar-refractivity contribution in [3.8, 4) is 0 Å². The van der Waals surface area contributed by atoms with Crippen molar-refractivity contribution < 1.29 is 0 Å². The number of nitrogens with two attached hydrogens (primary N) is 1. The number of rotatable bonds is 3. The van der Waals surface area contributed by atoms with Gasteiger partial charge in [-0.25, -0.2) is 0 Å². The molecule has 0 bridgehead atoms. The Kier molecular flexibility index (Phi) is 4.04. The van der Waals surface area contributed by atoms with Crippen LogP contribution in [0.25, 0.3) is 0 Å². The highest BCUT2D eigenvalue weighted by atomic mass is 15.1. The zero-order valence-electron chi connectivity index (χ0n) is 10.1. The number of nitrogens with zero attached hydrogens (tertiary/aromatic N) is 1. The SMILES string of the molecule is CN(CC1CCC(N)CC1)C1CCCC1. The van der Waals surface area contributed by atoms with Crippen LogP contribution >= 0.6 is 0 Å². The summed E-state index contributed by atoms with van der Waals surface area (Å²) in [4.78, 5) is 2.62. The first kappa shape index (κ1) is 11.4. The topological polar surface area (TPSA) is 29.3 Å². The van der Waals surface area contributed by atoms with Gasteiger partial charge >= 0.3 is 0 Å². The van der Waals surface area contributed by atoms with E-state index in [4.69, 9.17) is 5.73 Å². The van der Waals surface area contributed by atoms with Gasteiger partial charge in [0, 0.05) is 18.6 Å². The molecule has 2 fully saturated rings. The lowest BCUT2D eigenvalue weighted by molar-refractivity contribution is 0.178. The fourth-order valence-electron chi connectivity index (χ4n) is 3.27. The molecule has 88 valence electrons. The van der Waals surface area contributed by atoms with E-state index in [0.717, 1.165) is 12.0 Å². The Morgan fingerprint density at radius 3 is 2.20 bits per heavy atom. The summed E-state index contributed by atoms with van der Waals surface area (Å²) in [6.07, 6.45) is 11.0. The van der Waals surface area contributed by atoms with Crippen molar-refractivity contribution in [2.45, 2.75) is 63.5 Å². The van der Waals surface area contributed by atoms with Crippen LogP contribution < -0.4 is 5.73 Å². The molecule has 0 atom stereocenters. The maximum Gasteiger partial charge on any atom is 0.00923 e. The summed E-state index contributed by atoms with van der Waals surface area (Å²) < 4.78 is 0. The molecule has 0 aliphatic heterocycles. The molecule has 2 heteroatoms. The van der Waals surface area contributed by atoms with Gasteiger partial charge in [-0.3, -0.25) is 0 Å². The largest absolute Gasteiger partial charge is 0.328 e. The molecule has 2 rings (SSSR count). The molecule has 15 heavy (non-hydrogen) atoms. The van der Waals surface area contributed by atoms with Crippen LogP contribution in [0, 0.1) is 5.92 Å². The van der Waals surface area contributed by atoms with Gasteiger partial charge in [0.15, 0.2) is 0 Å². The third-order valence-corrected chi connectivity index (χ3v) is 4.39. The van der Waals surface area contributed by atoms with Gasteiger partial charge in [-0.05, 0) is 51.5 Å². The Balaban J connectivity index is 1.71. The fourth-order valence-corrected chi connectivity index (χ4v) is 3.27. The third-order valence-electron chi connectivity index (χ3n) is 4.39. The van der Waals surface area contributed by atoms with Crippen molar-refractivity contribution in [2.75, 3.05) is 13.6 Å². The molecule has 2 N–H and O–H groups in total. The van der Waals surface area contributed by atoms with E-state index in [9.17, 15) is 0 Å². The van der Waals surface area contributed by atoms with Crippen LogP contribution in [0.4, 0.5) is 0 Å². The van der Waals surface area contributed by atoms with E-state index >= 15 is 0 Å². The Hall–Kier alpha value is -0.0800. The second-order valence-corrected chi connectivity index (χ2v) is 5.66. The zero-order chi connectivity index (χ0) is 10.7. The van der Waals surface area contributed by atoms with Crippen molar-refractivity contribution >= 4 is 0 Å². The van der Waals surface area contributed by atoms with E-state index in [1.54, 1.807) is 0 Å². The lowest BCUT2D eigenvalue weighted by Gasteiger charge is -2.32. The second kappa shape index (κ2) is 5.31. The Labute approximate surface area is 94.2 Å².